The van der Waals surface area contributed by atoms with Gasteiger partial charge in [-0.25, -0.2) is 4.39 Å². The molecule has 5 rings (SSSR count). The quantitative estimate of drug-likeness (QED) is 0.208. The maximum atomic E-state index is 13.5. The maximum absolute atomic E-state index is 13.5. The van der Waals surface area contributed by atoms with Crippen molar-refractivity contribution in [3.8, 4) is 0 Å². The summed E-state index contributed by atoms with van der Waals surface area (Å²) in [6, 6.07) is 18.9. The number of quaternary nitrogens is 2. The van der Waals surface area contributed by atoms with Crippen LogP contribution in [0.3, 0.4) is 0 Å². The second-order valence-electron chi connectivity index (χ2n) is 6.78. The molecule has 0 atom stereocenters. The largest absolute Gasteiger partial charge is 0.297 e. The third-order valence-electron chi connectivity index (χ3n) is 4.85. The molecule has 2 bridgehead atoms. The molecule has 0 saturated carbocycles. The van der Waals surface area contributed by atoms with E-state index in [-0.39, 0.29) is 10.5 Å². The van der Waals surface area contributed by atoms with Gasteiger partial charge in [0.15, 0.2) is 25.6 Å². The van der Waals surface area contributed by atoms with Gasteiger partial charge in [0.2, 0.25) is 0 Å². The second kappa shape index (κ2) is 15.4. The first-order valence-electron chi connectivity index (χ1n) is 10.7. The first-order valence-corrected chi connectivity index (χ1v) is 11.2. The molecule has 5 heteroatoms. The highest BCUT2D eigenvalue weighted by atomic mass is 35.5. The van der Waals surface area contributed by atoms with Crippen molar-refractivity contribution in [2.24, 2.45) is 0 Å². The van der Waals surface area contributed by atoms with Gasteiger partial charge in [-0.05, 0) is 23.5 Å². The van der Waals surface area contributed by atoms with E-state index in [2.05, 4.69) is 19.1 Å². The van der Waals surface area contributed by atoms with Crippen LogP contribution in [0.2, 0.25) is 0 Å². The van der Waals surface area contributed by atoms with Gasteiger partial charge < -0.3 is 0 Å². The Morgan fingerprint density at radius 3 is 1.34 bits per heavy atom. The first kappa shape index (κ1) is 27.5. The van der Waals surface area contributed by atoms with Crippen LogP contribution in [0.25, 0.3) is 0 Å². The number of piperazine rings is 3. The molecule has 164 valence electrons. The van der Waals surface area contributed by atoms with E-state index in [0.29, 0.717) is 25.6 Å². The molecule has 0 amide bonds. The van der Waals surface area contributed by atoms with Crippen LogP contribution < -0.4 is 0 Å². The Bertz CT molecular complexity index is 561. The molecule has 3 heterocycles. The summed E-state index contributed by atoms with van der Waals surface area (Å²) in [5, 5.41) is 0. The van der Waals surface area contributed by atoms with Gasteiger partial charge in [-0.1, -0.05) is 93.4 Å². The molecule has 2 aromatic rings. The summed E-state index contributed by atoms with van der Waals surface area (Å²) < 4.78 is 26.2. The molecule has 3 saturated heterocycles. The first-order chi connectivity index (χ1) is 14.0. The van der Waals surface area contributed by atoms with Gasteiger partial charge in [-0.3, -0.25) is 4.48 Å². The Labute approximate surface area is 181 Å². The van der Waals surface area contributed by atoms with Crippen LogP contribution in [0.15, 0.2) is 60.7 Å². The second-order valence-corrected chi connectivity index (χ2v) is 7.02. The fourth-order valence-corrected chi connectivity index (χ4v) is 3.33. The number of benzene rings is 2. The number of halogens is 3. The smallest absolute Gasteiger partial charge is 0.164 e. The number of hydrogen-bond acceptors (Lipinski definition) is 0. The van der Waals surface area contributed by atoms with Gasteiger partial charge >= 0.3 is 0 Å². The molecule has 3 aliphatic heterocycles. The Morgan fingerprint density at radius 1 is 0.724 bits per heavy atom. The van der Waals surface area contributed by atoms with E-state index in [4.69, 9.17) is 11.6 Å². The van der Waals surface area contributed by atoms with Gasteiger partial charge in [0.1, 0.15) is 25.5 Å². The van der Waals surface area contributed by atoms with Gasteiger partial charge in [-0.2, -0.15) is 0 Å². The summed E-state index contributed by atoms with van der Waals surface area (Å²) in [5.41, 5.74) is 1.32. The van der Waals surface area contributed by atoms with Gasteiger partial charge in [0.05, 0.1) is 0 Å². The fourth-order valence-electron chi connectivity index (χ4n) is 2.97. The monoisotopic (exact) mass is 428 g/mol. The van der Waals surface area contributed by atoms with Gasteiger partial charge in [0.25, 0.3) is 0 Å². The molecule has 0 unspecified atom stereocenters. The number of aryl methyl sites for hydroxylation is 1. The van der Waals surface area contributed by atoms with Crippen molar-refractivity contribution >= 4 is 11.6 Å². The van der Waals surface area contributed by atoms with Crippen molar-refractivity contribution in [3.05, 3.63) is 72.0 Å². The lowest BCUT2D eigenvalue weighted by Gasteiger charge is -2.48. The minimum absolute atomic E-state index is 0.178. The summed E-state index contributed by atoms with van der Waals surface area (Å²) >= 11 is 5.85. The molecule has 0 aliphatic carbocycles. The Morgan fingerprint density at radius 2 is 1.10 bits per heavy atom. The summed E-state index contributed by atoms with van der Waals surface area (Å²) in [6.07, 6.45) is 0. The van der Waals surface area contributed by atoms with E-state index in [9.17, 15) is 8.87 Å². The lowest BCUT2D eigenvalue weighted by molar-refractivity contribution is -1.15. The molecule has 3 fully saturated rings. The third-order valence-corrected chi connectivity index (χ3v) is 5.36. The molecule has 0 N–H and O–H groups in total. The Hall–Kier alpha value is -1.49. The van der Waals surface area contributed by atoms with Crippen LogP contribution in [0, 0.1) is 12.7 Å². The van der Waals surface area contributed by atoms with Crippen molar-refractivity contribution in [1.29, 1.82) is 0 Å². The van der Waals surface area contributed by atoms with Crippen LogP contribution in [0.1, 0.15) is 33.3 Å². The van der Waals surface area contributed by atoms with Crippen molar-refractivity contribution in [2.45, 2.75) is 34.6 Å². The Balaban J connectivity index is 0.000000386. The molecule has 0 radical (unpaired) electrons. The summed E-state index contributed by atoms with van der Waals surface area (Å²) in [5.74, 6) is -0.178. The molecule has 29 heavy (non-hydrogen) atoms. The zero-order chi connectivity index (χ0) is 22.2. The molecular formula is C24H39ClF2N2+2. The topological polar surface area (TPSA) is 0 Å². The van der Waals surface area contributed by atoms with E-state index in [0.717, 1.165) is 24.1 Å². The van der Waals surface area contributed by atoms with Crippen molar-refractivity contribution < 1.29 is 18.1 Å². The minimum atomic E-state index is -0.198. The molecule has 0 aromatic heterocycles. The number of hydrogen-bond donors (Lipinski definition) is 0. The lowest BCUT2D eigenvalue weighted by Crippen LogP contribution is -2.71. The van der Waals surface area contributed by atoms with Crippen molar-refractivity contribution in [3.63, 3.8) is 0 Å². The summed E-state index contributed by atoms with van der Waals surface area (Å²) in [6.45, 7) is 14.9. The predicted octanol–water partition coefficient (Wildman–Crippen LogP) is 6.60. The number of rotatable bonds is 1. The van der Waals surface area contributed by atoms with Crippen LogP contribution in [-0.4, -0.2) is 54.5 Å². The van der Waals surface area contributed by atoms with Gasteiger partial charge in [0, 0.05) is 0 Å². The molecule has 2 aromatic carbocycles. The molecule has 3 aliphatic rings. The molecule has 2 nitrogen and oxygen atoms in total. The normalized spacial score (nSPS) is 23.4. The summed E-state index contributed by atoms with van der Waals surface area (Å²) in [7, 11) is 0. The van der Waals surface area contributed by atoms with Crippen molar-refractivity contribution in [1.82, 2.24) is 0 Å². The average molecular weight is 429 g/mol. The number of alkyl halides is 1. The minimum Gasteiger partial charge on any atom is -0.297 e. The third kappa shape index (κ3) is 10.7. The number of fused-ring (bicyclic) bond motifs is 3. The zero-order valence-corrected chi connectivity index (χ0v) is 19.5. The van der Waals surface area contributed by atoms with E-state index in [1.807, 2.05) is 45.9 Å². The maximum Gasteiger partial charge on any atom is 0.164 e. The Kier molecular flexibility index (Phi) is 14.6. The highest BCUT2D eigenvalue weighted by Gasteiger charge is 2.50. The average Bonchev–Trinajstić information content (AvgIpc) is 2.79. The lowest BCUT2D eigenvalue weighted by atomic mass is 10.2. The van der Waals surface area contributed by atoms with E-state index in [1.54, 1.807) is 18.2 Å². The van der Waals surface area contributed by atoms with E-state index >= 15 is 0 Å². The van der Waals surface area contributed by atoms with Gasteiger partial charge in [-0.15, -0.1) is 4.71 Å². The van der Waals surface area contributed by atoms with Crippen LogP contribution in [0.4, 0.5) is 8.87 Å². The van der Waals surface area contributed by atoms with Crippen LogP contribution in [0.5, 0.6) is 0 Å². The number of nitrogens with zero attached hydrogens (tertiary/aromatic N) is 2. The molecular weight excluding hydrogens is 390 g/mol. The highest BCUT2D eigenvalue weighted by Crippen LogP contribution is 2.27. The fraction of sp³-hybridized carbons (Fsp3) is 0.500. The van der Waals surface area contributed by atoms with Crippen molar-refractivity contribution in [2.75, 3.05) is 45.3 Å². The van der Waals surface area contributed by atoms with Crippen LogP contribution >= 0.6 is 11.6 Å². The summed E-state index contributed by atoms with van der Waals surface area (Å²) in [4.78, 5) is 0. The highest BCUT2D eigenvalue weighted by molar-refractivity contribution is 6.17. The van der Waals surface area contributed by atoms with E-state index in [1.165, 1.54) is 17.7 Å². The SMILES string of the molecule is CC.CC.Cc1ccccc1.F[N+]12CC[N+](CCl)(CC1)CC2.Fc1ccccc1. The zero-order valence-electron chi connectivity index (χ0n) is 18.8. The standard InChI is InChI=1S/C7H14ClFN2.C7H8.C6H5F.2C2H6/c8-7-10-1-4-11(9,5-2-10)6-3-10;1-7-5-3-2-4-6-7;7-6-4-2-1-3-5-6;2*1-2/h1-7H2;2-6H,1H3;1-5H;2*1-2H3/q+2;;;;. The van der Waals surface area contributed by atoms with E-state index < -0.39 is 0 Å². The van der Waals surface area contributed by atoms with Crippen LogP contribution in [-0.2, 0) is 0 Å². The molecule has 0 spiro atoms. The predicted molar refractivity (Wildman–Crippen MR) is 122 cm³/mol.